The van der Waals surface area contributed by atoms with Crippen molar-refractivity contribution in [3.8, 4) is 5.75 Å². The number of nitrogens with zero attached hydrogens (tertiary/aromatic N) is 1. The van der Waals surface area contributed by atoms with Crippen LogP contribution >= 0.6 is 22.7 Å². The molecule has 3 amide bonds. The molecule has 172 valence electrons. The van der Waals surface area contributed by atoms with Crippen molar-refractivity contribution in [1.82, 2.24) is 15.6 Å². The van der Waals surface area contributed by atoms with E-state index >= 15 is 0 Å². The van der Waals surface area contributed by atoms with Crippen LogP contribution in [0.1, 0.15) is 24.9 Å². The van der Waals surface area contributed by atoms with Crippen molar-refractivity contribution in [2.45, 2.75) is 12.5 Å². The quantitative estimate of drug-likeness (QED) is 0.336. The normalized spacial score (nSPS) is 11.3. The zero-order valence-corrected chi connectivity index (χ0v) is 19.0. The van der Waals surface area contributed by atoms with E-state index < -0.39 is 17.9 Å². The van der Waals surface area contributed by atoms with Crippen LogP contribution in [0.5, 0.6) is 5.75 Å². The number of esters is 1. The van der Waals surface area contributed by atoms with Crippen LogP contribution in [-0.2, 0) is 20.7 Å². The molecule has 0 spiro atoms. The summed E-state index contributed by atoms with van der Waals surface area (Å²) >= 11 is 2.17. The highest BCUT2D eigenvalue weighted by atomic mass is 32.1. The summed E-state index contributed by atoms with van der Waals surface area (Å²) in [7, 11) is 1.18. The third-order valence-corrected chi connectivity index (χ3v) is 6.03. The van der Waals surface area contributed by atoms with Gasteiger partial charge in [-0.2, -0.15) is 0 Å². The zero-order valence-electron chi connectivity index (χ0n) is 17.4. The monoisotopic (exact) mass is 488 g/mol. The van der Waals surface area contributed by atoms with Gasteiger partial charge in [-0.3, -0.25) is 14.4 Å². The largest absolute Gasteiger partial charge is 0.508 e. The second-order valence-corrected chi connectivity index (χ2v) is 8.64. The Labute approximate surface area is 196 Å². The number of anilines is 1. The smallest absolute Gasteiger partial charge is 0.330 e. The van der Waals surface area contributed by atoms with E-state index in [4.69, 9.17) is 4.74 Å². The molecule has 2 aromatic heterocycles. The molecule has 3 rings (SSSR count). The Kier molecular flexibility index (Phi) is 8.11. The van der Waals surface area contributed by atoms with Gasteiger partial charge in [0.05, 0.1) is 24.6 Å². The highest BCUT2D eigenvalue weighted by Gasteiger charge is 2.24. The maximum absolute atomic E-state index is 12.6. The fraction of sp³-hybridized carbons (Fsp3) is 0.190. The Morgan fingerprint density at radius 1 is 1.12 bits per heavy atom. The molecule has 0 saturated carbocycles. The number of benzene rings is 1. The van der Waals surface area contributed by atoms with Gasteiger partial charge in [0.2, 0.25) is 5.91 Å². The minimum absolute atomic E-state index is 0.0177. The van der Waals surface area contributed by atoms with Crippen LogP contribution in [0.4, 0.5) is 5.13 Å². The Hall–Kier alpha value is -3.77. The number of carbonyl (C=O) groups is 4. The number of hydrogen-bond acceptors (Lipinski definition) is 9. The number of carbonyl (C=O) groups excluding carboxylic acids is 4. The third kappa shape index (κ3) is 6.85. The third-order valence-electron chi connectivity index (χ3n) is 4.25. The molecule has 3 aromatic rings. The van der Waals surface area contributed by atoms with E-state index in [0.717, 1.165) is 11.3 Å². The molecule has 2 heterocycles. The fourth-order valence-electron chi connectivity index (χ4n) is 2.71. The summed E-state index contributed by atoms with van der Waals surface area (Å²) in [5.41, 5.74) is 0.618. The van der Waals surface area contributed by atoms with E-state index in [1.807, 2.05) is 0 Å². The molecule has 0 bridgehead atoms. The summed E-state index contributed by atoms with van der Waals surface area (Å²) in [5.74, 6) is -2.02. The Balaban J connectivity index is 1.57. The van der Waals surface area contributed by atoms with Crippen molar-refractivity contribution in [3.63, 3.8) is 0 Å². The topological polar surface area (TPSA) is 147 Å². The van der Waals surface area contributed by atoms with E-state index in [1.165, 1.54) is 36.8 Å². The van der Waals surface area contributed by atoms with E-state index in [0.29, 0.717) is 10.4 Å². The van der Waals surface area contributed by atoms with Gasteiger partial charge in [-0.1, -0.05) is 29.5 Å². The van der Waals surface area contributed by atoms with Crippen LogP contribution < -0.4 is 16.0 Å². The molecule has 0 saturated heterocycles. The number of phenols is 1. The molecule has 33 heavy (non-hydrogen) atoms. The molecular formula is C21H20N4O6S2. The Morgan fingerprint density at radius 2 is 1.94 bits per heavy atom. The highest BCUT2D eigenvalue weighted by Crippen LogP contribution is 2.19. The number of aromatic nitrogens is 1. The molecule has 12 heteroatoms. The first-order valence-electron chi connectivity index (χ1n) is 9.59. The lowest BCUT2D eigenvalue weighted by molar-refractivity contribution is -0.142. The van der Waals surface area contributed by atoms with Crippen molar-refractivity contribution >= 4 is 51.5 Å². The van der Waals surface area contributed by atoms with Crippen molar-refractivity contribution in [3.05, 3.63) is 63.3 Å². The van der Waals surface area contributed by atoms with Gasteiger partial charge < -0.3 is 25.8 Å². The van der Waals surface area contributed by atoms with Crippen molar-refractivity contribution < 1.29 is 29.0 Å². The van der Waals surface area contributed by atoms with E-state index in [9.17, 15) is 24.3 Å². The van der Waals surface area contributed by atoms with Crippen molar-refractivity contribution in [2.24, 2.45) is 0 Å². The van der Waals surface area contributed by atoms with E-state index in [-0.39, 0.29) is 40.5 Å². The number of ether oxygens (including phenoxy) is 1. The number of rotatable bonds is 9. The molecule has 0 fully saturated rings. The SMILES string of the molecule is COC(=O)C(CNC(=O)c1cccs1)NC(=O)c1cnc(NC(=O)Cc2cccc(O)c2)s1. The molecule has 1 aromatic carbocycles. The van der Waals surface area contributed by atoms with Gasteiger partial charge in [0.25, 0.3) is 11.8 Å². The average Bonchev–Trinajstić information content (AvgIpc) is 3.48. The van der Waals surface area contributed by atoms with Gasteiger partial charge in [-0.15, -0.1) is 11.3 Å². The first kappa shape index (κ1) is 23.9. The lowest BCUT2D eigenvalue weighted by Gasteiger charge is -2.16. The number of hydrogen-bond donors (Lipinski definition) is 4. The minimum Gasteiger partial charge on any atom is -0.508 e. The van der Waals surface area contributed by atoms with Crippen LogP contribution in [0.3, 0.4) is 0 Å². The molecular weight excluding hydrogens is 468 g/mol. The number of nitrogens with one attached hydrogen (secondary N) is 3. The number of thiazole rings is 1. The molecule has 4 N–H and O–H groups in total. The second-order valence-electron chi connectivity index (χ2n) is 6.66. The van der Waals surface area contributed by atoms with Crippen molar-refractivity contribution in [1.29, 1.82) is 0 Å². The highest BCUT2D eigenvalue weighted by molar-refractivity contribution is 7.17. The number of amides is 3. The summed E-state index contributed by atoms with van der Waals surface area (Å²) < 4.78 is 4.71. The molecule has 0 aliphatic carbocycles. The van der Waals surface area contributed by atoms with Crippen LogP contribution in [0.2, 0.25) is 0 Å². The molecule has 0 radical (unpaired) electrons. The predicted octanol–water partition coefficient (Wildman–Crippen LogP) is 1.79. The predicted molar refractivity (Wildman–Crippen MR) is 122 cm³/mol. The summed E-state index contributed by atoms with van der Waals surface area (Å²) in [6.07, 6.45) is 1.28. The Bertz CT molecular complexity index is 1150. The van der Waals surface area contributed by atoms with E-state index in [1.54, 1.807) is 29.6 Å². The number of methoxy groups -OCH3 is 1. The van der Waals surface area contributed by atoms with Gasteiger partial charge in [0.15, 0.2) is 5.13 Å². The minimum atomic E-state index is -1.11. The van der Waals surface area contributed by atoms with Gasteiger partial charge in [0.1, 0.15) is 16.7 Å². The van der Waals surface area contributed by atoms with Crippen LogP contribution in [0.15, 0.2) is 48.0 Å². The van der Waals surface area contributed by atoms with Gasteiger partial charge in [-0.05, 0) is 29.1 Å². The molecule has 10 nitrogen and oxygen atoms in total. The van der Waals surface area contributed by atoms with Gasteiger partial charge >= 0.3 is 5.97 Å². The maximum atomic E-state index is 12.6. The first-order valence-corrected chi connectivity index (χ1v) is 11.3. The number of phenolic OH excluding ortho intramolecular Hbond substituents is 1. The molecule has 1 atom stereocenters. The lowest BCUT2D eigenvalue weighted by Crippen LogP contribution is -2.48. The average molecular weight is 489 g/mol. The summed E-state index contributed by atoms with van der Waals surface area (Å²) in [4.78, 5) is 53.6. The number of aromatic hydroxyl groups is 1. The van der Waals surface area contributed by atoms with E-state index in [2.05, 4.69) is 20.9 Å². The zero-order chi connectivity index (χ0) is 23.8. The van der Waals surface area contributed by atoms with Crippen LogP contribution in [0.25, 0.3) is 0 Å². The van der Waals surface area contributed by atoms with Crippen LogP contribution in [0, 0.1) is 0 Å². The summed E-state index contributed by atoms with van der Waals surface area (Å²) in [6, 6.07) is 8.56. The standard InChI is InChI=1S/C21H20N4O6S2/c1-31-20(30)14(10-22-18(28)15-6-3-7-32-15)24-19(29)16-11-23-21(33-16)25-17(27)9-12-4-2-5-13(26)8-12/h2-8,11,14,26H,9-10H2,1H3,(H,22,28)(H,24,29)(H,23,25,27). The molecule has 0 aliphatic heterocycles. The lowest BCUT2D eigenvalue weighted by atomic mass is 10.1. The maximum Gasteiger partial charge on any atom is 0.330 e. The van der Waals surface area contributed by atoms with Gasteiger partial charge in [0, 0.05) is 6.54 Å². The van der Waals surface area contributed by atoms with Crippen LogP contribution in [-0.4, -0.2) is 53.5 Å². The van der Waals surface area contributed by atoms with Gasteiger partial charge in [-0.25, -0.2) is 9.78 Å². The molecule has 0 aliphatic rings. The van der Waals surface area contributed by atoms with Crippen molar-refractivity contribution in [2.75, 3.05) is 19.0 Å². The summed E-state index contributed by atoms with van der Waals surface area (Å²) in [6.45, 7) is -0.165. The summed E-state index contributed by atoms with van der Waals surface area (Å²) in [5, 5.41) is 19.1. The number of thiophene rings is 1. The molecule has 1 unspecified atom stereocenters. The second kappa shape index (κ2) is 11.2. The Morgan fingerprint density at radius 3 is 2.64 bits per heavy atom. The first-order chi connectivity index (χ1) is 15.9. The fourth-order valence-corrected chi connectivity index (χ4v) is 4.08.